The van der Waals surface area contributed by atoms with Crippen molar-refractivity contribution in [2.75, 3.05) is 6.54 Å². The maximum atomic E-state index is 12.3. The van der Waals surface area contributed by atoms with Crippen molar-refractivity contribution in [2.24, 2.45) is 5.92 Å². The van der Waals surface area contributed by atoms with Gasteiger partial charge in [-0.2, -0.15) is 0 Å². The van der Waals surface area contributed by atoms with Gasteiger partial charge in [0.05, 0.1) is 11.8 Å². The molecule has 1 aromatic heterocycles. The minimum atomic E-state index is -0.868. The van der Waals surface area contributed by atoms with Gasteiger partial charge in [-0.3, -0.25) is 14.9 Å². The lowest BCUT2D eigenvalue weighted by molar-refractivity contribution is -0.125. The molecule has 4 amide bonds. The van der Waals surface area contributed by atoms with E-state index >= 15 is 0 Å². The molecule has 2 fully saturated rings. The van der Waals surface area contributed by atoms with Gasteiger partial charge in [-0.25, -0.2) is 4.79 Å². The molecule has 3 N–H and O–H groups in total. The molecular formula is C16H21N3O4. The predicted octanol–water partition coefficient (Wildman–Crippen LogP) is 1.34. The average Bonchev–Trinajstić information content (AvgIpc) is 3.19. The van der Waals surface area contributed by atoms with E-state index in [4.69, 9.17) is 4.42 Å². The Morgan fingerprint density at radius 3 is 3.00 bits per heavy atom. The zero-order chi connectivity index (χ0) is 16.4. The second kappa shape index (κ2) is 6.06. The standard InChI is InChI=1S/C16H21N3O4/c1-2-4-12-11(6-8-23-12)13(20)17-9-10-5-3-7-16(10)14(21)18-15(22)19-16/h6,8,10H,2-5,7,9H2,1H3,(H,17,20)(H2,18,19,21,22)/t10-,16-/m1/s1. The third-order valence-corrected chi connectivity index (χ3v) is 4.77. The molecule has 23 heavy (non-hydrogen) atoms. The number of imide groups is 1. The van der Waals surface area contributed by atoms with E-state index < -0.39 is 11.6 Å². The number of rotatable bonds is 5. The lowest BCUT2D eigenvalue weighted by atomic mass is 9.87. The second-order valence-corrected chi connectivity index (χ2v) is 6.19. The first kappa shape index (κ1) is 15.6. The van der Waals surface area contributed by atoms with Crippen LogP contribution in [0.1, 0.15) is 48.7 Å². The first-order valence-electron chi connectivity index (χ1n) is 8.05. The molecule has 1 aromatic rings. The van der Waals surface area contributed by atoms with Gasteiger partial charge in [0.1, 0.15) is 11.3 Å². The number of carbonyl (C=O) groups excluding carboxylic acids is 3. The monoisotopic (exact) mass is 319 g/mol. The molecule has 7 heteroatoms. The Kier molecular flexibility index (Phi) is 4.11. The quantitative estimate of drug-likeness (QED) is 0.713. The van der Waals surface area contributed by atoms with Crippen molar-refractivity contribution in [3.63, 3.8) is 0 Å². The molecule has 2 heterocycles. The van der Waals surface area contributed by atoms with Crippen molar-refractivity contribution in [3.8, 4) is 0 Å². The number of aryl methyl sites for hydroxylation is 1. The third-order valence-electron chi connectivity index (χ3n) is 4.77. The van der Waals surface area contributed by atoms with E-state index in [1.54, 1.807) is 6.07 Å². The van der Waals surface area contributed by atoms with E-state index in [1.807, 2.05) is 6.92 Å². The zero-order valence-electron chi connectivity index (χ0n) is 13.1. The molecule has 2 atom stereocenters. The van der Waals surface area contributed by atoms with E-state index in [0.717, 1.165) is 19.3 Å². The molecule has 1 saturated carbocycles. The molecule has 1 saturated heterocycles. The highest BCUT2D eigenvalue weighted by molar-refractivity contribution is 6.07. The third kappa shape index (κ3) is 2.71. The van der Waals surface area contributed by atoms with Gasteiger partial charge in [0.2, 0.25) is 0 Å². The highest BCUT2D eigenvalue weighted by atomic mass is 16.3. The molecule has 3 rings (SSSR count). The maximum absolute atomic E-state index is 12.3. The Morgan fingerprint density at radius 1 is 1.48 bits per heavy atom. The summed E-state index contributed by atoms with van der Waals surface area (Å²) < 4.78 is 5.34. The maximum Gasteiger partial charge on any atom is 0.322 e. The summed E-state index contributed by atoms with van der Waals surface area (Å²) in [5.74, 6) is 0.0979. The molecule has 0 radical (unpaired) electrons. The number of hydrogen-bond acceptors (Lipinski definition) is 4. The van der Waals surface area contributed by atoms with Crippen molar-refractivity contribution >= 4 is 17.8 Å². The Morgan fingerprint density at radius 2 is 2.30 bits per heavy atom. The lowest BCUT2D eigenvalue weighted by Gasteiger charge is -2.28. The van der Waals surface area contributed by atoms with Crippen LogP contribution < -0.4 is 16.0 Å². The van der Waals surface area contributed by atoms with Crippen LogP contribution in [0.15, 0.2) is 16.7 Å². The van der Waals surface area contributed by atoms with Crippen molar-refractivity contribution in [2.45, 2.75) is 44.6 Å². The number of nitrogens with one attached hydrogen (secondary N) is 3. The molecule has 1 aliphatic carbocycles. The van der Waals surface area contributed by atoms with Gasteiger partial charge in [0.25, 0.3) is 11.8 Å². The summed E-state index contributed by atoms with van der Waals surface area (Å²) in [5.41, 5.74) is -0.327. The van der Waals surface area contributed by atoms with Crippen LogP contribution in [0.5, 0.6) is 0 Å². The number of urea groups is 1. The lowest BCUT2D eigenvalue weighted by Crippen LogP contribution is -2.53. The Balaban J connectivity index is 1.66. The van der Waals surface area contributed by atoms with Gasteiger partial charge < -0.3 is 15.1 Å². The predicted molar refractivity (Wildman–Crippen MR) is 81.8 cm³/mol. The van der Waals surface area contributed by atoms with Gasteiger partial charge in [0, 0.05) is 18.9 Å². The molecule has 0 aromatic carbocycles. The van der Waals surface area contributed by atoms with Crippen LogP contribution in [-0.4, -0.2) is 29.9 Å². The molecular weight excluding hydrogens is 298 g/mol. The van der Waals surface area contributed by atoms with Gasteiger partial charge in [-0.1, -0.05) is 13.3 Å². The summed E-state index contributed by atoms with van der Waals surface area (Å²) in [6.07, 6.45) is 5.37. The van der Waals surface area contributed by atoms with Crippen LogP contribution in [-0.2, 0) is 11.2 Å². The second-order valence-electron chi connectivity index (χ2n) is 6.19. The van der Waals surface area contributed by atoms with Gasteiger partial charge in [-0.05, 0) is 25.3 Å². The van der Waals surface area contributed by atoms with E-state index in [1.165, 1.54) is 6.26 Å². The fourth-order valence-electron chi connectivity index (χ4n) is 3.60. The van der Waals surface area contributed by atoms with E-state index in [9.17, 15) is 14.4 Å². The van der Waals surface area contributed by atoms with Crippen LogP contribution in [0.4, 0.5) is 4.79 Å². The highest BCUT2D eigenvalue weighted by Gasteiger charge is 2.54. The van der Waals surface area contributed by atoms with Crippen LogP contribution in [0.3, 0.4) is 0 Å². The zero-order valence-corrected chi connectivity index (χ0v) is 13.1. The van der Waals surface area contributed by atoms with Gasteiger partial charge >= 0.3 is 6.03 Å². The van der Waals surface area contributed by atoms with Crippen molar-refractivity contribution in [1.82, 2.24) is 16.0 Å². The number of carbonyl (C=O) groups is 3. The van der Waals surface area contributed by atoms with Crippen LogP contribution in [0, 0.1) is 5.92 Å². The van der Waals surface area contributed by atoms with E-state index in [2.05, 4.69) is 16.0 Å². The molecule has 2 aliphatic rings. The summed E-state index contributed by atoms with van der Waals surface area (Å²) in [6, 6.07) is 1.21. The van der Waals surface area contributed by atoms with Crippen molar-refractivity contribution in [3.05, 3.63) is 23.7 Å². The summed E-state index contributed by atoms with van der Waals surface area (Å²) in [6.45, 7) is 2.37. The molecule has 7 nitrogen and oxygen atoms in total. The first-order valence-corrected chi connectivity index (χ1v) is 8.05. The Labute approximate surface area is 134 Å². The topological polar surface area (TPSA) is 100 Å². The number of hydrogen-bond donors (Lipinski definition) is 3. The number of furan rings is 1. The van der Waals surface area contributed by atoms with Gasteiger partial charge in [-0.15, -0.1) is 0 Å². The summed E-state index contributed by atoms with van der Waals surface area (Å²) >= 11 is 0. The van der Waals surface area contributed by atoms with Crippen LogP contribution >= 0.6 is 0 Å². The normalized spacial score (nSPS) is 26.4. The average molecular weight is 319 g/mol. The fourth-order valence-corrected chi connectivity index (χ4v) is 3.60. The summed E-state index contributed by atoms with van der Waals surface area (Å²) in [4.78, 5) is 35.9. The van der Waals surface area contributed by atoms with Gasteiger partial charge in [0.15, 0.2) is 0 Å². The van der Waals surface area contributed by atoms with E-state index in [-0.39, 0.29) is 17.7 Å². The van der Waals surface area contributed by atoms with Crippen molar-refractivity contribution < 1.29 is 18.8 Å². The molecule has 1 aliphatic heterocycles. The summed E-state index contributed by atoms with van der Waals surface area (Å²) in [5, 5.41) is 7.94. The fraction of sp³-hybridized carbons (Fsp3) is 0.562. The highest BCUT2D eigenvalue weighted by Crippen LogP contribution is 2.37. The molecule has 124 valence electrons. The number of amides is 4. The molecule has 1 spiro atoms. The molecule has 0 unspecified atom stereocenters. The summed E-state index contributed by atoms with van der Waals surface area (Å²) in [7, 11) is 0. The first-order chi connectivity index (χ1) is 11.1. The van der Waals surface area contributed by atoms with E-state index in [0.29, 0.717) is 30.7 Å². The van der Waals surface area contributed by atoms with Crippen LogP contribution in [0.25, 0.3) is 0 Å². The largest absolute Gasteiger partial charge is 0.469 e. The minimum Gasteiger partial charge on any atom is -0.469 e. The smallest absolute Gasteiger partial charge is 0.322 e. The van der Waals surface area contributed by atoms with Crippen molar-refractivity contribution in [1.29, 1.82) is 0 Å². The Hall–Kier alpha value is -2.31. The Bertz CT molecular complexity index is 639. The van der Waals surface area contributed by atoms with Crippen LogP contribution in [0.2, 0.25) is 0 Å². The SMILES string of the molecule is CCCc1occc1C(=O)NC[C@H]1CCC[C@@]12NC(=O)NC2=O. The minimum absolute atomic E-state index is 0.0978. The molecule has 0 bridgehead atoms.